The molecule has 6 N–H and O–H groups in total. The van der Waals surface area contributed by atoms with E-state index in [1.165, 1.54) is 0 Å². The molecule has 0 aromatic heterocycles. The van der Waals surface area contributed by atoms with Crippen molar-refractivity contribution in [3.8, 4) is 0 Å². The van der Waals surface area contributed by atoms with Crippen LogP contribution in [0.2, 0.25) is 0 Å². The monoisotopic (exact) mass is 734 g/mol. The summed E-state index contributed by atoms with van der Waals surface area (Å²) in [5.41, 5.74) is -2.08. The lowest BCUT2D eigenvalue weighted by Crippen LogP contribution is -2.26. The molecule has 20 nitrogen and oxygen atoms in total. The van der Waals surface area contributed by atoms with Gasteiger partial charge in [-0.1, -0.05) is 6.58 Å². The molecule has 0 bridgehead atoms. The fourth-order valence-electron chi connectivity index (χ4n) is 2.44. The van der Waals surface area contributed by atoms with Crippen LogP contribution in [0.4, 0.5) is 0 Å². The molecule has 0 fully saturated rings. The largest absolute Gasteiger partial charge is 0.478 e. The molecule has 0 radical (unpaired) electrons. The van der Waals surface area contributed by atoms with Crippen molar-refractivity contribution < 1.29 is 90.7 Å². The van der Waals surface area contributed by atoms with Crippen molar-refractivity contribution in [3.63, 3.8) is 0 Å². The zero-order chi connectivity index (χ0) is 36.3. The van der Waals surface area contributed by atoms with Crippen molar-refractivity contribution in [2.45, 2.75) is 68.0 Å². The molecular weight excluding hydrogens is 700 g/mol. The highest BCUT2D eigenvalue weighted by Gasteiger charge is 2.30. The third kappa shape index (κ3) is 17.9. The number of carboxylic acid groups (broad SMARTS) is 2. The maximum absolute atomic E-state index is 11.5. The summed E-state index contributed by atoms with van der Waals surface area (Å²) in [4.78, 5) is 45.1. The summed E-state index contributed by atoms with van der Waals surface area (Å²) in [6, 6.07) is 0. The zero-order valence-corrected chi connectivity index (χ0v) is 27.3. The molecule has 0 spiro atoms. The van der Waals surface area contributed by atoms with Crippen LogP contribution in [0.1, 0.15) is 47.0 Å². The van der Waals surface area contributed by atoms with Crippen LogP contribution in [0.15, 0.2) is 23.3 Å². The molecule has 0 aromatic carbocycles. The summed E-state index contributed by atoms with van der Waals surface area (Å²) >= 11 is 0. The second-order valence-electron chi connectivity index (χ2n) is 9.34. The highest BCUT2D eigenvalue weighted by atomic mass is 32.2. The van der Waals surface area contributed by atoms with E-state index in [0.717, 1.165) is 27.7 Å². The average Bonchev–Trinajstić information content (AvgIpc) is 2.84. The topological polar surface area (TPSA) is 345 Å². The van der Waals surface area contributed by atoms with Gasteiger partial charge in [0.1, 0.15) is 23.7 Å². The molecule has 0 aromatic rings. The summed E-state index contributed by atoms with van der Waals surface area (Å²) in [5.74, 6) is -5.59. The van der Waals surface area contributed by atoms with Gasteiger partial charge in [0.05, 0.1) is 16.9 Å². The van der Waals surface area contributed by atoms with E-state index in [4.69, 9.17) is 28.4 Å². The first-order valence-corrected chi connectivity index (χ1v) is 18.0. The molecule has 0 aliphatic rings. The minimum atomic E-state index is -4.61. The van der Waals surface area contributed by atoms with Crippen molar-refractivity contribution >= 4 is 64.3 Å². The molecule has 0 aliphatic heterocycles. The molecule has 4 unspecified atom stereocenters. The quantitative estimate of drug-likeness (QED) is 0.0614. The molecular formula is C21H34O20S4. The predicted molar refractivity (Wildman–Crippen MR) is 151 cm³/mol. The Balaban J connectivity index is 0. The smallest absolute Gasteiger partial charge is 0.334 e. The van der Waals surface area contributed by atoms with Crippen molar-refractivity contribution in [3.05, 3.63) is 23.3 Å². The van der Waals surface area contributed by atoms with Crippen LogP contribution >= 0.6 is 0 Å². The van der Waals surface area contributed by atoms with E-state index in [9.17, 15) is 52.8 Å². The lowest BCUT2D eigenvalue weighted by atomic mass is 9.99. The maximum Gasteiger partial charge on any atom is 0.334 e. The molecule has 0 saturated heterocycles. The number of rotatable bonds is 17. The van der Waals surface area contributed by atoms with Gasteiger partial charge in [0.15, 0.2) is 0 Å². The van der Waals surface area contributed by atoms with E-state index >= 15 is 0 Å². The fraction of sp³-hybridized carbons (Fsp3) is 0.619. The van der Waals surface area contributed by atoms with E-state index in [1.807, 2.05) is 0 Å². The van der Waals surface area contributed by atoms with Crippen LogP contribution in [0.5, 0.6) is 0 Å². The Morgan fingerprint density at radius 2 is 0.867 bits per heavy atom. The first kappa shape index (κ1) is 44.1. The van der Waals surface area contributed by atoms with Crippen LogP contribution in [0.3, 0.4) is 0 Å². The number of carbonyl (C=O) groups is 4. The number of esters is 2. The Labute approximate surface area is 259 Å². The van der Waals surface area contributed by atoms with Gasteiger partial charge in [-0.3, -0.25) is 23.0 Å². The van der Waals surface area contributed by atoms with Gasteiger partial charge in [-0.15, -0.1) is 0 Å². The van der Waals surface area contributed by atoms with Crippen LogP contribution in [-0.4, -0.2) is 120 Å². The Hall–Kier alpha value is -3.00. The maximum atomic E-state index is 11.5. The number of carboxylic acids is 2. The Kier molecular flexibility index (Phi) is 17.3. The van der Waals surface area contributed by atoms with Crippen molar-refractivity contribution in [1.29, 1.82) is 0 Å². The number of carbonyl (C=O) groups excluding carboxylic acids is 2. The minimum Gasteiger partial charge on any atom is -0.478 e. The zero-order valence-electron chi connectivity index (χ0n) is 24.1. The average molecular weight is 735 g/mol. The number of hydrogen-bond donors (Lipinski definition) is 6. The summed E-state index contributed by atoms with van der Waals surface area (Å²) in [5, 5.41) is 12.1. The highest BCUT2D eigenvalue weighted by molar-refractivity contribution is 7.87. The van der Waals surface area contributed by atoms with Crippen molar-refractivity contribution in [1.82, 2.24) is 0 Å². The minimum absolute atomic E-state index is 0.350. The van der Waals surface area contributed by atoms with Gasteiger partial charge >= 0.3 is 23.9 Å². The Bertz CT molecular complexity index is 1530. The van der Waals surface area contributed by atoms with E-state index in [-0.39, 0.29) is 5.57 Å². The van der Waals surface area contributed by atoms with Gasteiger partial charge in [0.2, 0.25) is 0 Å². The normalized spacial score (nSPS) is 15.6. The van der Waals surface area contributed by atoms with Crippen LogP contribution in [0, 0.1) is 0 Å². The van der Waals surface area contributed by atoms with E-state index in [1.54, 1.807) is 0 Å². The summed E-state index contributed by atoms with van der Waals surface area (Å²) in [6.07, 6.45) is -2.29. The van der Waals surface area contributed by atoms with E-state index < -0.39 is 129 Å². The molecule has 4 atom stereocenters. The highest BCUT2D eigenvalue weighted by Crippen LogP contribution is 2.22. The number of aliphatic carboxylic acids is 2. The van der Waals surface area contributed by atoms with Crippen LogP contribution in [-0.2, 0) is 69.1 Å². The lowest BCUT2D eigenvalue weighted by molar-refractivity contribution is -0.146. The van der Waals surface area contributed by atoms with Gasteiger partial charge in [-0.05, 0) is 40.5 Å². The van der Waals surface area contributed by atoms with E-state index in [0.29, 0.717) is 0 Å². The standard InChI is InChI=1S/C11H18O10S2.C10H16O10S2/c1-7(11(13)21-6-9(3)23(17,18)19)4-10(12)20-5-8(2)22(14,15)16;1-5(21(15,16)17)3-7(9(11)12)8(10(13)14)4-6(2)22(18,19)20/h8-9H,1,4-6H2,2-3H3,(H,14,15,16)(H,17,18,19);5-6H,3-4H2,1-2H3,(H,11,12)(H,13,14)(H,15,16,17)(H,18,19,20)/b;8-7+. The Morgan fingerprint density at radius 3 is 1.13 bits per heavy atom. The number of ether oxygens (including phenoxy) is 2. The van der Waals surface area contributed by atoms with Crippen molar-refractivity contribution in [2.24, 2.45) is 0 Å². The summed E-state index contributed by atoms with van der Waals surface area (Å²) in [6.45, 7) is 6.16. The van der Waals surface area contributed by atoms with Crippen LogP contribution in [0.25, 0.3) is 0 Å². The molecule has 0 aliphatic carbocycles. The third-order valence-electron chi connectivity index (χ3n) is 5.47. The predicted octanol–water partition coefficient (Wildman–Crippen LogP) is -0.643. The number of hydrogen-bond acceptors (Lipinski definition) is 14. The molecule has 24 heteroatoms. The second kappa shape index (κ2) is 17.6. The van der Waals surface area contributed by atoms with Gasteiger partial charge < -0.3 is 19.7 Å². The SMILES string of the molecule is C=C(CC(=O)OCC(C)S(=O)(=O)O)C(=O)OCC(C)S(=O)(=O)O.CC(C/C(C(=O)O)=C(/CC(C)S(=O)(=O)O)C(=O)O)S(=O)(=O)O. The third-order valence-corrected chi connectivity index (χ3v) is 10.1. The van der Waals surface area contributed by atoms with Gasteiger partial charge in [-0.2, -0.15) is 33.7 Å². The molecule has 262 valence electrons. The summed E-state index contributed by atoms with van der Waals surface area (Å²) < 4.78 is 131. The van der Waals surface area contributed by atoms with Crippen LogP contribution < -0.4 is 0 Å². The fourth-order valence-corrected chi connectivity index (χ4v) is 3.67. The molecule has 0 heterocycles. The second-order valence-corrected chi connectivity index (χ2v) is 16.7. The molecule has 0 amide bonds. The lowest BCUT2D eigenvalue weighted by Gasteiger charge is -2.14. The van der Waals surface area contributed by atoms with Crippen molar-refractivity contribution in [2.75, 3.05) is 13.2 Å². The first-order chi connectivity index (χ1) is 19.9. The Morgan fingerprint density at radius 1 is 0.578 bits per heavy atom. The van der Waals surface area contributed by atoms with Gasteiger partial charge in [-0.25, -0.2) is 14.4 Å². The van der Waals surface area contributed by atoms with Gasteiger partial charge in [0, 0.05) is 16.7 Å². The van der Waals surface area contributed by atoms with Gasteiger partial charge in [0.25, 0.3) is 40.5 Å². The van der Waals surface area contributed by atoms with E-state index in [2.05, 4.69) is 16.1 Å². The molecule has 45 heavy (non-hydrogen) atoms. The summed E-state index contributed by atoms with van der Waals surface area (Å²) in [7, 11) is -17.9. The first-order valence-electron chi connectivity index (χ1n) is 12.0. The molecule has 0 rings (SSSR count). The molecule has 0 saturated carbocycles.